The Bertz CT molecular complexity index is 382. The summed E-state index contributed by atoms with van der Waals surface area (Å²) >= 11 is 2.52. The summed E-state index contributed by atoms with van der Waals surface area (Å²) in [4.78, 5) is 3.44. The summed E-state index contributed by atoms with van der Waals surface area (Å²) < 4.78 is 40.3. The first kappa shape index (κ1) is 12.9. The van der Waals surface area contributed by atoms with Crippen molar-refractivity contribution >= 4 is 28.4 Å². The fourth-order valence-electron chi connectivity index (χ4n) is 1.67. The highest BCUT2D eigenvalue weighted by Gasteiger charge is 2.38. The van der Waals surface area contributed by atoms with Crippen LogP contribution in [0.25, 0.3) is 0 Å². The van der Waals surface area contributed by atoms with Crippen LogP contribution in [-0.2, 0) is 6.18 Å². The standard InChI is InChI=1S/C9H12F3N3S2/c1-16-8(3-2-4-8)5-13-7-14-6(15-17-7)9(10,11)12/h2-5H2,1H3,(H,13,14,15). The number of nitrogens with one attached hydrogen (secondary N) is 1. The van der Waals surface area contributed by atoms with Gasteiger partial charge in [-0.05, 0) is 19.1 Å². The monoisotopic (exact) mass is 283 g/mol. The molecule has 0 atom stereocenters. The maximum absolute atomic E-state index is 12.3. The van der Waals surface area contributed by atoms with Crippen molar-refractivity contribution in [2.45, 2.75) is 30.2 Å². The Balaban J connectivity index is 1.93. The lowest BCUT2D eigenvalue weighted by atomic mass is 9.84. The number of hydrogen-bond donors (Lipinski definition) is 1. The number of halogens is 3. The Kier molecular flexibility index (Phi) is 3.53. The Hall–Kier alpha value is -0.500. The number of thioether (sulfide) groups is 1. The van der Waals surface area contributed by atoms with E-state index in [2.05, 4.69) is 14.7 Å². The van der Waals surface area contributed by atoms with Crippen LogP contribution in [-0.4, -0.2) is 26.9 Å². The van der Waals surface area contributed by atoms with Gasteiger partial charge in [0, 0.05) is 22.8 Å². The molecule has 0 amide bonds. The summed E-state index contributed by atoms with van der Waals surface area (Å²) in [6.45, 7) is 0.653. The van der Waals surface area contributed by atoms with E-state index in [4.69, 9.17) is 0 Å². The predicted molar refractivity (Wildman–Crippen MR) is 63.5 cm³/mol. The highest BCUT2D eigenvalue weighted by atomic mass is 32.2. The van der Waals surface area contributed by atoms with Crippen LogP contribution in [0.4, 0.5) is 18.3 Å². The van der Waals surface area contributed by atoms with Crippen molar-refractivity contribution in [3.63, 3.8) is 0 Å². The second kappa shape index (κ2) is 4.64. The molecule has 2 rings (SSSR count). The van der Waals surface area contributed by atoms with Crippen molar-refractivity contribution in [3.05, 3.63) is 5.82 Å². The van der Waals surface area contributed by atoms with E-state index in [0.717, 1.165) is 24.4 Å². The van der Waals surface area contributed by atoms with E-state index < -0.39 is 12.0 Å². The number of rotatable bonds is 4. The summed E-state index contributed by atoms with van der Waals surface area (Å²) in [5.41, 5.74) is 0. The molecular weight excluding hydrogens is 271 g/mol. The van der Waals surface area contributed by atoms with Gasteiger partial charge < -0.3 is 5.32 Å². The molecule has 17 heavy (non-hydrogen) atoms. The molecule has 1 heterocycles. The molecule has 0 unspecified atom stereocenters. The molecule has 96 valence electrons. The van der Waals surface area contributed by atoms with E-state index in [1.165, 1.54) is 6.42 Å². The van der Waals surface area contributed by atoms with Crippen LogP contribution in [0.3, 0.4) is 0 Å². The fourth-order valence-corrected chi connectivity index (χ4v) is 3.17. The van der Waals surface area contributed by atoms with E-state index in [1.54, 1.807) is 11.8 Å². The van der Waals surface area contributed by atoms with Crippen LogP contribution in [0, 0.1) is 0 Å². The van der Waals surface area contributed by atoms with E-state index in [9.17, 15) is 13.2 Å². The molecule has 0 aromatic carbocycles. The molecule has 0 spiro atoms. The fraction of sp³-hybridized carbons (Fsp3) is 0.778. The molecule has 1 aromatic heterocycles. The Morgan fingerprint density at radius 1 is 1.47 bits per heavy atom. The Morgan fingerprint density at radius 3 is 2.59 bits per heavy atom. The zero-order chi connectivity index (χ0) is 12.5. The SMILES string of the molecule is CSC1(CNc2nc(C(F)(F)F)ns2)CCC1. The van der Waals surface area contributed by atoms with E-state index >= 15 is 0 Å². The smallest absolute Gasteiger partial charge is 0.359 e. The molecule has 1 saturated carbocycles. The van der Waals surface area contributed by atoms with Crippen molar-refractivity contribution in [2.75, 3.05) is 18.1 Å². The maximum Gasteiger partial charge on any atom is 0.452 e. The summed E-state index contributed by atoms with van der Waals surface area (Å²) in [7, 11) is 0. The van der Waals surface area contributed by atoms with Gasteiger partial charge in [0.05, 0.1) is 0 Å². The minimum atomic E-state index is -4.45. The van der Waals surface area contributed by atoms with Crippen LogP contribution >= 0.6 is 23.3 Å². The maximum atomic E-state index is 12.3. The van der Waals surface area contributed by atoms with Crippen LogP contribution < -0.4 is 5.32 Å². The first-order valence-corrected chi connectivity index (χ1v) is 7.15. The molecule has 1 fully saturated rings. The summed E-state index contributed by atoms with van der Waals surface area (Å²) in [6.07, 6.45) is 0.969. The lowest BCUT2D eigenvalue weighted by Gasteiger charge is -2.40. The third-order valence-electron chi connectivity index (χ3n) is 2.94. The zero-order valence-electron chi connectivity index (χ0n) is 9.17. The Morgan fingerprint density at radius 2 is 2.18 bits per heavy atom. The van der Waals surface area contributed by atoms with Gasteiger partial charge in [-0.3, -0.25) is 0 Å². The van der Waals surface area contributed by atoms with Crippen molar-refractivity contribution < 1.29 is 13.2 Å². The van der Waals surface area contributed by atoms with Crippen molar-refractivity contribution in [2.24, 2.45) is 0 Å². The third-order valence-corrected chi connectivity index (χ3v) is 5.03. The van der Waals surface area contributed by atoms with Gasteiger partial charge in [-0.15, -0.1) is 0 Å². The highest BCUT2D eigenvalue weighted by Crippen LogP contribution is 2.42. The molecular formula is C9H12F3N3S2. The number of aromatic nitrogens is 2. The van der Waals surface area contributed by atoms with Crippen LogP contribution in [0.1, 0.15) is 25.1 Å². The molecule has 3 nitrogen and oxygen atoms in total. The minimum Gasteiger partial charge on any atom is -0.359 e. The second-order valence-corrected chi connectivity index (χ2v) is 6.04. The largest absolute Gasteiger partial charge is 0.452 e. The molecule has 0 bridgehead atoms. The van der Waals surface area contributed by atoms with Gasteiger partial charge in [0.15, 0.2) is 0 Å². The lowest BCUT2D eigenvalue weighted by Crippen LogP contribution is -2.40. The van der Waals surface area contributed by atoms with E-state index in [1.807, 2.05) is 6.26 Å². The molecule has 1 N–H and O–H groups in total. The summed E-state index contributed by atoms with van der Waals surface area (Å²) in [6, 6.07) is 0. The van der Waals surface area contributed by atoms with Crippen LogP contribution in [0.5, 0.6) is 0 Å². The average Bonchev–Trinajstić information content (AvgIpc) is 2.65. The summed E-state index contributed by atoms with van der Waals surface area (Å²) in [5, 5.41) is 3.20. The van der Waals surface area contributed by atoms with Gasteiger partial charge in [-0.1, -0.05) is 6.42 Å². The molecule has 8 heteroatoms. The first-order chi connectivity index (χ1) is 7.95. The molecule has 1 aliphatic rings. The third kappa shape index (κ3) is 2.85. The van der Waals surface area contributed by atoms with Crippen LogP contribution in [0.15, 0.2) is 0 Å². The molecule has 0 radical (unpaired) electrons. The second-order valence-electron chi connectivity index (χ2n) is 4.02. The van der Waals surface area contributed by atoms with Gasteiger partial charge >= 0.3 is 6.18 Å². The van der Waals surface area contributed by atoms with Gasteiger partial charge in [0.2, 0.25) is 11.0 Å². The predicted octanol–water partition coefficient (Wildman–Crippen LogP) is 3.25. The highest BCUT2D eigenvalue weighted by molar-refractivity contribution is 8.00. The first-order valence-electron chi connectivity index (χ1n) is 5.15. The molecule has 1 aromatic rings. The number of nitrogens with zero attached hydrogens (tertiary/aromatic N) is 2. The van der Waals surface area contributed by atoms with Gasteiger partial charge in [0.25, 0.3) is 0 Å². The lowest BCUT2D eigenvalue weighted by molar-refractivity contribution is -0.144. The zero-order valence-corrected chi connectivity index (χ0v) is 10.8. The van der Waals surface area contributed by atoms with Gasteiger partial charge in [-0.2, -0.15) is 34.3 Å². The van der Waals surface area contributed by atoms with Gasteiger partial charge in [0.1, 0.15) is 0 Å². The van der Waals surface area contributed by atoms with E-state index in [-0.39, 0.29) is 9.88 Å². The van der Waals surface area contributed by atoms with E-state index in [0.29, 0.717) is 6.54 Å². The normalized spacial score (nSPS) is 18.8. The van der Waals surface area contributed by atoms with Crippen molar-refractivity contribution in [1.82, 2.24) is 9.36 Å². The summed E-state index contributed by atoms with van der Waals surface area (Å²) in [5.74, 6) is -1.06. The van der Waals surface area contributed by atoms with Crippen molar-refractivity contribution in [1.29, 1.82) is 0 Å². The molecule has 0 saturated heterocycles. The number of anilines is 1. The number of hydrogen-bond acceptors (Lipinski definition) is 5. The number of alkyl halides is 3. The molecule has 0 aliphatic heterocycles. The van der Waals surface area contributed by atoms with Gasteiger partial charge in [-0.25, -0.2) is 0 Å². The van der Waals surface area contributed by atoms with Crippen molar-refractivity contribution in [3.8, 4) is 0 Å². The van der Waals surface area contributed by atoms with Crippen LogP contribution in [0.2, 0.25) is 0 Å². The quantitative estimate of drug-likeness (QED) is 0.920. The minimum absolute atomic E-state index is 0.171. The topological polar surface area (TPSA) is 37.8 Å². The molecule has 1 aliphatic carbocycles. The average molecular weight is 283 g/mol. The Labute approximate surface area is 105 Å².